The van der Waals surface area contributed by atoms with Crippen molar-refractivity contribution in [1.82, 2.24) is 9.80 Å². The summed E-state index contributed by atoms with van der Waals surface area (Å²) in [5.74, 6) is -3.25. The van der Waals surface area contributed by atoms with Crippen molar-refractivity contribution in [2.45, 2.75) is 54.3 Å². The lowest BCUT2D eigenvalue weighted by atomic mass is 9.66. The van der Waals surface area contributed by atoms with E-state index in [2.05, 4.69) is 6.58 Å². The molecule has 6 atom stereocenters. The Morgan fingerprint density at radius 3 is 2.34 bits per heavy atom. The predicted octanol–water partition coefficient (Wildman–Crippen LogP) is 3.37. The molecule has 5 rings (SSSR count). The van der Waals surface area contributed by atoms with Crippen LogP contribution in [0.1, 0.15) is 30.9 Å². The number of aliphatic carboxylic acids is 1. The van der Waals surface area contributed by atoms with Gasteiger partial charge in [0.1, 0.15) is 6.04 Å². The Labute approximate surface area is 227 Å². The maximum absolute atomic E-state index is 14.5. The minimum atomic E-state index is -0.996. The number of aliphatic hydroxyl groups excluding tert-OH is 1. The molecule has 0 aromatic heterocycles. The van der Waals surface area contributed by atoms with Gasteiger partial charge in [-0.2, -0.15) is 0 Å². The molecule has 1 spiro atoms. The molecule has 2 N–H and O–H groups in total. The Balaban J connectivity index is 1.58. The lowest BCUT2D eigenvalue weighted by Gasteiger charge is -2.39. The number of hydrogen-bond donors (Lipinski definition) is 2. The van der Waals surface area contributed by atoms with Crippen LogP contribution in [0.5, 0.6) is 0 Å². The molecule has 8 heteroatoms. The Hall–Kier alpha value is -3.10. The van der Waals surface area contributed by atoms with Crippen molar-refractivity contribution in [3.8, 4) is 0 Å². The van der Waals surface area contributed by atoms with E-state index < -0.39 is 39.4 Å². The van der Waals surface area contributed by atoms with Crippen molar-refractivity contribution in [2.75, 3.05) is 13.2 Å². The molecule has 3 aliphatic heterocycles. The second-order valence-corrected chi connectivity index (χ2v) is 12.7. The van der Waals surface area contributed by atoms with E-state index in [0.29, 0.717) is 32.4 Å². The molecule has 2 bridgehead atoms. The van der Waals surface area contributed by atoms with Crippen LogP contribution < -0.4 is 0 Å². The minimum Gasteiger partial charge on any atom is -0.481 e. The van der Waals surface area contributed by atoms with E-state index >= 15 is 0 Å². The fourth-order valence-electron chi connectivity index (χ4n) is 6.91. The molecule has 0 aliphatic carbocycles. The molecular weight excluding hydrogens is 500 g/mol. The molecule has 2 aromatic rings. The molecule has 2 aromatic carbocycles. The van der Waals surface area contributed by atoms with Gasteiger partial charge in [-0.15, -0.1) is 18.3 Å². The highest BCUT2D eigenvalue weighted by Gasteiger charge is 2.78. The second kappa shape index (κ2) is 10.2. The summed E-state index contributed by atoms with van der Waals surface area (Å²) in [4.78, 5) is 44.5. The van der Waals surface area contributed by atoms with E-state index in [1.165, 1.54) is 11.8 Å². The lowest BCUT2D eigenvalue weighted by Crippen LogP contribution is -2.57. The highest BCUT2D eigenvalue weighted by Crippen LogP contribution is 2.71. The number of aliphatic hydroxyl groups is 1. The number of hydrogen-bond acceptors (Lipinski definition) is 5. The van der Waals surface area contributed by atoms with Gasteiger partial charge in [0.05, 0.1) is 29.2 Å². The largest absolute Gasteiger partial charge is 0.481 e. The molecule has 7 nitrogen and oxygen atoms in total. The van der Waals surface area contributed by atoms with Crippen LogP contribution in [0, 0.1) is 11.8 Å². The van der Waals surface area contributed by atoms with E-state index in [0.717, 1.165) is 11.1 Å². The van der Waals surface area contributed by atoms with E-state index in [-0.39, 0.29) is 18.4 Å². The molecule has 38 heavy (non-hydrogen) atoms. The first-order valence-corrected chi connectivity index (χ1v) is 13.9. The van der Waals surface area contributed by atoms with Crippen molar-refractivity contribution in [3.05, 3.63) is 84.4 Å². The zero-order chi connectivity index (χ0) is 27.1. The highest BCUT2D eigenvalue weighted by molar-refractivity contribution is 8.02. The van der Waals surface area contributed by atoms with Crippen molar-refractivity contribution in [1.29, 1.82) is 0 Å². The average Bonchev–Trinajstić information content (AvgIpc) is 3.48. The summed E-state index contributed by atoms with van der Waals surface area (Å²) in [5.41, 5.74) is 1.89. The highest BCUT2D eigenvalue weighted by atomic mass is 32.2. The number of carbonyl (C=O) groups excluding carboxylic acids is 2. The van der Waals surface area contributed by atoms with Crippen LogP contribution in [-0.2, 0) is 27.3 Å². The third-order valence-electron chi connectivity index (χ3n) is 8.51. The molecule has 3 fully saturated rings. The van der Waals surface area contributed by atoms with Gasteiger partial charge in [0, 0.05) is 17.8 Å². The van der Waals surface area contributed by atoms with Gasteiger partial charge in [-0.1, -0.05) is 66.7 Å². The molecular formula is C30H34N2O5S. The number of rotatable bonds is 10. The fourth-order valence-corrected chi connectivity index (χ4v) is 9.24. The summed E-state index contributed by atoms with van der Waals surface area (Å²) >= 11 is 1.51. The maximum atomic E-state index is 14.5. The van der Waals surface area contributed by atoms with Crippen LogP contribution in [0.25, 0.3) is 0 Å². The summed E-state index contributed by atoms with van der Waals surface area (Å²) in [7, 11) is 0. The fraction of sp³-hybridized carbons (Fsp3) is 0.433. The third kappa shape index (κ3) is 4.24. The SMILES string of the molecule is C=CCN(Cc1ccccc1)C(=O)C1N([C@@H](CO)Cc2ccccc2)C(=O)[C@@H]2[C@H](C(=O)O)[C@]3(C)CCC12S3. The van der Waals surface area contributed by atoms with Gasteiger partial charge in [-0.3, -0.25) is 14.4 Å². The Morgan fingerprint density at radius 1 is 1.13 bits per heavy atom. The topological polar surface area (TPSA) is 98.2 Å². The standard InChI is InChI=1S/C30H34N2O5S/c1-3-16-31(18-21-12-8-5-9-13-21)27(35)25-30-15-14-29(2,38-30)24(28(36)37)23(30)26(34)32(25)22(19-33)17-20-10-6-4-7-11-20/h3-13,22-25,33H,1,14-19H2,2H3,(H,36,37)/t22-,23+,24-,25?,29+,30?/m1/s1. The quantitative estimate of drug-likeness (QED) is 0.454. The molecule has 0 radical (unpaired) electrons. The van der Waals surface area contributed by atoms with Crippen LogP contribution in [0.4, 0.5) is 0 Å². The summed E-state index contributed by atoms with van der Waals surface area (Å²) in [6, 6.07) is 17.7. The number of carbonyl (C=O) groups is 3. The monoisotopic (exact) mass is 534 g/mol. The first-order valence-electron chi connectivity index (χ1n) is 13.1. The van der Waals surface area contributed by atoms with E-state index in [9.17, 15) is 24.6 Å². The first-order chi connectivity index (χ1) is 18.3. The molecule has 3 aliphatic rings. The van der Waals surface area contributed by atoms with Crippen molar-refractivity contribution >= 4 is 29.5 Å². The normalized spacial score (nSPS) is 30.2. The van der Waals surface area contributed by atoms with Crippen LogP contribution in [-0.4, -0.2) is 72.5 Å². The summed E-state index contributed by atoms with van der Waals surface area (Å²) in [6.45, 7) is 6.08. The Morgan fingerprint density at radius 2 is 1.76 bits per heavy atom. The van der Waals surface area contributed by atoms with Crippen LogP contribution in [0.3, 0.4) is 0 Å². The summed E-state index contributed by atoms with van der Waals surface area (Å²) < 4.78 is -1.47. The Bertz CT molecular complexity index is 1220. The third-order valence-corrected chi connectivity index (χ3v) is 10.5. The van der Waals surface area contributed by atoms with Gasteiger partial charge in [0.25, 0.3) is 0 Å². The van der Waals surface area contributed by atoms with Gasteiger partial charge >= 0.3 is 5.97 Å². The Kier molecular flexibility index (Phi) is 7.13. The van der Waals surface area contributed by atoms with Gasteiger partial charge in [0.2, 0.25) is 11.8 Å². The van der Waals surface area contributed by atoms with Crippen LogP contribution >= 0.6 is 11.8 Å². The van der Waals surface area contributed by atoms with E-state index in [1.54, 1.807) is 15.9 Å². The van der Waals surface area contributed by atoms with Gasteiger partial charge in [-0.05, 0) is 37.3 Å². The zero-order valence-corrected chi connectivity index (χ0v) is 22.3. The first kappa shape index (κ1) is 26.5. The number of fused-ring (bicyclic) bond motifs is 1. The number of amides is 2. The predicted molar refractivity (Wildman–Crippen MR) is 146 cm³/mol. The van der Waals surface area contributed by atoms with E-state index in [4.69, 9.17) is 0 Å². The van der Waals surface area contributed by atoms with Crippen LogP contribution in [0.15, 0.2) is 73.3 Å². The number of thioether (sulfide) groups is 1. The number of carboxylic acids is 1. The van der Waals surface area contributed by atoms with Gasteiger partial charge in [0.15, 0.2) is 0 Å². The summed E-state index contributed by atoms with van der Waals surface area (Å²) in [5, 5.41) is 20.8. The summed E-state index contributed by atoms with van der Waals surface area (Å²) in [6.07, 6.45) is 3.25. The van der Waals surface area contributed by atoms with Crippen molar-refractivity contribution in [3.63, 3.8) is 0 Å². The minimum absolute atomic E-state index is 0.223. The van der Waals surface area contributed by atoms with Crippen molar-refractivity contribution < 1.29 is 24.6 Å². The molecule has 3 heterocycles. The number of benzene rings is 2. The number of likely N-dealkylation sites (tertiary alicyclic amines) is 1. The number of carboxylic acid groups (broad SMARTS) is 1. The number of nitrogens with zero attached hydrogens (tertiary/aromatic N) is 2. The van der Waals surface area contributed by atoms with Crippen LogP contribution in [0.2, 0.25) is 0 Å². The molecule has 0 saturated carbocycles. The zero-order valence-electron chi connectivity index (χ0n) is 21.5. The second-order valence-electron chi connectivity index (χ2n) is 10.8. The maximum Gasteiger partial charge on any atom is 0.308 e. The molecule has 3 saturated heterocycles. The molecule has 200 valence electrons. The molecule has 2 unspecified atom stereocenters. The van der Waals surface area contributed by atoms with Gasteiger partial charge < -0.3 is 20.0 Å². The van der Waals surface area contributed by atoms with Crippen molar-refractivity contribution in [2.24, 2.45) is 11.8 Å². The molecule has 2 amide bonds. The van der Waals surface area contributed by atoms with Gasteiger partial charge in [-0.25, -0.2) is 0 Å². The van der Waals surface area contributed by atoms with E-state index in [1.807, 2.05) is 67.6 Å². The average molecular weight is 535 g/mol. The smallest absolute Gasteiger partial charge is 0.308 e. The lowest BCUT2D eigenvalue weighted by molar-refractivity contribution is -0.151.